The SMILES string of the molecule is CCNC(=NCCCN(C)Cc1ccccc1)N1CCC(COCCOC)C1.I. The molecule has 0 bridgehead atoms. The van der Waals surface area contributed by atoms with Crippen LogP contribution in [-0.2, 0) is 16.0 Å². The first kappa shape index (κ1) is 26.1. The number of hydrogen-bond acceptors (Lipinski definition) is 4. The lowest BCUT2D eigenvalue weighted by Gasteiger charge is -2.22. The van der Waals surface area contributed by atoms with Crippen LogP contribution in [0.3, 0.4) is 0 Å². The van der Waals surface area contributed by atoms with Crippen molar-refractivity contribution in [1.82, 2.24) is 15.1 Å². The van der Waals surface area contributed by atoms with Crippen molar-refractivity contribution in [2.75, 3.05) is 66.7 Å². The number of hydrogen-bond donors (Lipinski definition) is 1. The van der Waals surface area contributed by atoms with Crippen LogP contribution < -0.4 is 5.32 Å². The van der Waals surface area contributed by atoms with Gasteiger partial charge in [0.15, 0.2) is 5.96 Å². The minimum atomic E-state index is 0. The largest absolute Gasteiger partial charge is 0.382 e. The fourth-order valence-corrected chi connectivity index (χ4v) is 3.48. The fourth-order valence-electron chi connectivity index (χ4n) is 3.48. The normalized spacial score (nSPS) is 16.9. The number of nitrogens with one attached hydrogen (secondary N) is 1. The van der Waals surface area contributed by atoms with Gasteiger partial charge in [-0.1, -0.05) is 30.3 Å². The van der Waals surface area contributed by atoms with E-state index in [9.17, 15) is 0 Å². The van der Waals surface area contributed by atoms with E-state index in [1.165, 1.54) is 5.56 Å². The molecule has 1 heterocycles. The van der Waals surface area contributed by atoms with Crippen molar-refractivity contribution in [3.63, 3.8) is 0 Å². The van der Waals surface area contributed by atoms with Crippen LogP contribution in [0.2, 0.25) is 0 Å². The van der Waals surface area contributed by atoms with Crippen LogP contribution in [0.25, 0.3) is 0 Å². The maximum absolute atomic E-state index is 5.70. The third-order valence-electron chi connectivity index (χ3n) is 4.96. The van der Waals surface area contributed by atoms with Crippen molar-refractivity contribution >= 4 is 29.9 Å². The van der Waals surface area contributed by atoms with Gasteiger partial charge in [0.05, 0.1) is 19.8 Å². The van der Waals surface area contributed by atoms with Gasteiger partial charge in [0.25, 0.3) is 0 Å². The molecule has 1 aliphatic rings. The van der Waals surface area contributed by atoms with E-state index in [4.69, 9.17) is 14.5 Å². The van der Waals surface area contributed by atoms with Gasteiger partial charge in [-0.15, -0.1) is 24.0 Å². The first-order chi connectivity index (χ1) is 13.7. The number of aliphatic imine (C=N–C) groups is 1. The van der Waals surface area contributed by atoms with E-state index in [1.54, 1.807) is 7.11 Å². The number of likely N-dealkylation sites (tertiary alicyclic amines) is 1. The van der Waals surface area contributed by atoms with Crippen molar-refractivity contribution < 1.29 is 9.47 Å². The Labute approximate surface area is 194 Å². The van der Waals surface area contributed by atoms with Gasteiger partial charge in [0.2, 0.25) is 0 Å². The molecule has 29 heavy (non-hydrogen) atoms. The van der Waals surface area contributed by atoms with Crippen LogP contribution in [0.15, 0.2) is 35.3 Å². The Kier molecular flexibility index (Phi) is 14.3. The predicted molar refractivity (Wildman–Crippen MR) is 131 cm³/mol. The van der Waals surface area contributed by atoms with Gasteiger partial charge in [-0.3, -0.25) is 4.99 Å². The Balaban J connectivity index is 0.00000420. The summed E-state index contributed by atoms with van der Waals surface area (Å²) in [5.74, 6) is 1.63. The Morgan fingerprint density at radius 2 is 2.07 bits per heavy atom. The van der Waals surface area contributed by atoms with Gasteiger partial charge in [-0.05, 0) is 38.9 Å². The molecule has 7 heteroatoms. The second kappa shape index (κ2) is 15.9. The van der Waals surface area contributed by atoms with Crippen LogP contribution >= 0.6 is 24.0 Å². The molecule has 0 aromatic heterocycles. The first-order valence-corrected chi connectivity index (χ1v) is 10.5. The van der Waals surface area contributed by atoms with Crippen LogP contribution in [0.5, 0.6) is 0 Å². The molecule has 1 fully saturated rings. The zero-order valence-corrected chi connectivity index (χ0v) is 20.6. The summed E-state index contributed by atoms with van der Waals surface area (Å²) >= 11 is 0. The molecule has 0 radical (unpaired) electrons. The summed E-state index contributed by atoms with van der Waals surface area (Å²) in [6.45, 7) is 10.1. The Bertz CT molecular complexity index is 559. The van der Waals surface area contributed by atoms with Crippen LogP contribution in [0, 0.1) is 5.92 Å². The maximum atomic E-state index is 5.70. The topological polar surface area (TPSA) is 49.3 Å². The molecular formula is C22H39IN4O2. The summed E-state index contributed by atoms with van der Waals surface area (Å²) in [6, 6.07) is 10.6. The zero-order chi connectivity index (χ0) is 20.0. The lowest BCUT2D eigenvalue weighted by molar-refractivity contribution is 0.0536. The number of rotatable bonds is 12. The minimum absolute atomic E-state index is 0. The van der Waals surface area contributed by atoms with Crippen LogP contribution in [-0.4, -0.2) is 82.5 Å². The third-order valence-corrected chi connectivity index (χ3v) is 4.96. The molecule has 1 N–H and O–H groups in total. The highest BCUT2D eigenvalue weighted by atomic mass is 127. The van der Waals surface area contributed by atoms with Crippen LogP contribution in [0.4, 0.5) is 0 Å². The summed E-state index contributed by atoms with van der Waals surface area (Å²) in [5.41, 5.74) is 1.36. The summed E-state index contributed by atoms with van der Waals surface area (Å²) in [4.78, 5) is 9.60. The van der Waals surface area contributed by atoms with Gasteiger partial charge < -0.3 is 24.6 Å². The van der Waals surface area contributed by atoms with E-state index in [0.717, 1.165) is 64.7 Å². The van der Waals surface area contributed by atoms with Gasteiger partial charge in [-0.2, -0.15) is 0 Å². The van der Waals surface area contributed by atoms with E-state index in [0.29, 0.717) is 19.1 Å². The van der Waals surface area contributed by atoms with Gasteiger partial charge >= 0.3 is 0 Å². The highest BCUT2D eigenvalue weighted by Gasteiger charge is 2.24. The average molecular weight is 518 g/mol. The second-order valence-electron chi connectivity index (χ2n) is 7.48. The number of guanidine groups is 1. The molecule has 0 aliphatic carbocycles. The van der Waals surface area contributed by atoms with Crippen LogP contribution in [0.1, 0.15) is 25.3 Å². The minimum Gasteiger partial charge on any atom is -0.382 e. The number of halogens is 1. The average Bonchev–Trinajstić information content (AvgIpc) is 3.17. The van der Waals surface area contributed by atoms with Crippen molar-refractivity contribution in [3.05, 3.63) is 35.9 Å². The Morgan fingerprint density at radius 3 is 2.79 bits per heavy atom. The lowest BCUT2D eigenvalue weighted by Crippen LogP contribution is -2.40. The Hall–Kier alpha value is -0.900. The molecule has 1 unspecified atom stereocenters. The summed E-state index contributed by atoms with van der Waals surface area (Å²) in [6.07, 6.45) is 2.23. The highest BCUT2D eigenvalue weighted by molar-refractivity contribution is 14.0. The quantitative estimate of drug-likeness (QED) is 0.200. The first-order valence-electron chi connectivity index (χ1n) is 10.5. The summed E-state index contributed by atoms with van der Waals surface area (Å²) in [7, 11) is 3.88. The lowest BCUT2D eigenvalue weighted by atomic mass is 10.1. The van der Waals surface area contributed by atoms with E-state index in [-0.39, 0.29) is 24.0 Å². The fraction of sp³-hybridized carbons (Fsp3) is 0.682. The number of ether oxygens (including phenoxy) is 2. The Morgan fingerprint density at radius 1 is 1.28 bits per heavy atom. The number of benzene rings is 1. The smallest absolute Gasteiger partial charge is 0.193 e. The molecule has 1 saturated heterocycles. The molecule has 1 atom stereocenters. The molecular weight excluding hydrogens is 479 g/mol. The molecule has 166 valence electrons. The molecule has 6 nitrogen and oxygen atoms in total. The monoisotopic (exact) mass is 518 g/mol. The zero-order valence-electron chi connectivity index (χ0n) is 18.3. The van der Waals surface area contributed by atoms with Gasteiger partial charge in [0, 0.05) is 45.8 Å². The summed E-state index contributed by atoms with van der Waals surface area (Å²) in [5, 5.41) is 3.45. The molecule has 1 aromatic carbocycles. The van der Waals surface area contributed by atoms with Gasteiger partial charge in [0.1, 0.15) is 0 Å². The molecule has 0 amide bonds. The van der Waals surface area contributed by atoms with Gasteiger partial charge in [-0.25, -0.2) is 0 Å². The molecule has 1 aromatic rings. The standard InChI is InChI=1S/C22H38N4O2.HI/c1-4-23-22(26-14-11-21(18-26)19-28-16-15-27-3)24-12-8-13-25(2)17-20-9-6-5-7-10-20;/h5-7,9-10,21H,4,8,11-19H2,1-3H3,(H,23,24);1H. The van der Waals surface area contributed by atoms with Crippen molar-refractivity contribution in [2.24, 2.45) is 10.9 Å². The third kappa shape index (κ3) is 10.6. The molecule has 0 spiro atoms. The number of methoxy groups -OCH3 is 1. The summed E-state index contributed by atoms with van der Waals surface area (Å²) < 4.78 is 10.7. The maximum Gasteiger partial charge on any atom is 0.193 e. The molecule has 2 rings (SSSR count). The van der Waals surface area contributed by atoms with E-state index < -0.39 is 0 Å². The van der Waals surface area contributed by atoms with E-state index >= 15 is 0 Å². The second-order valence-corrected chi connectivity index (χ2v) is 7.48. The van der Waals surface area contributed by atoms with E-state index in [2.05, 4.69) is 59.4 Å². The predicted octanol–water partition coefficient (Wildman–Crippen LogP) is 3.08. The van der Waals surface area contributed by atoms with Crippen molar-refractivity contribution in [1.29, 1.82) is 0 Å². The van der Waals surface area contributed by atoms with E-state index in [1.807, 2.05) is 0 Å². The van der Waals surface area contributed by atoms with Crippen molar-refractivity contribution in [2.45, 2.75) is 26.3 Å². The number of nitrogens with zero attached hydrogens (tertiary/aromatic N) is 3. The molecule has 1 aliphatic heterocycles. The highest BCUT2D eigenvalue weighted by Crippen LogP contribution is 2.16. The molecule has 0 saturated carbocycles. The van der Waals surface area contributed by atoms with Crippen molar-refractivity contribution in [3.8, 4) is 0 Å².